The van der Waals surface area contributed by atoms with E-state index in [1.165, 1.54) is 0 Å². The molecule has 1 amide bonds. The van der Waals surface area contributed by atoms with Crippen molar-refractivity contribution in [1.29, 1.82) is 0 Å². The zero-order valence-corrected chi connectivity index (χ0v) is 15.1. The maximum absolute atomic E-state index is 12.7. The first-order valence-corrected chi connectivity index (χ1v) is 9.20. The van der Waals surface area contributed by atoms with Crippen molar-refractivity contribution in [3.8, 4) is 5.88 Å². The first-order chi connectivity index (χ1) is 12.5. The number of hydrogen-bond acceptors (Lipinski definition) is 5. The number of piperidine rings is 1. The summed E-state index contributed by atoms with van der Waals surface area (Å²) in [6, 6.07) is 8.21. The molecule has 26 heavy (non-hydrogen) atoms. The van der Waals surface area contributed by atoms with Gasteiger partial charge < -0.3 is 9.64 Å². The van der Waals surface area contributed by atoms with Crippen LogP contribution < -0.4 is 4.74 Å². The Bertz CT molecular complexity index is 768. The number of halogens is 2. The second-order valence-corrected chi connectivity index (χ2v) is 6.96. The van der Waals surface area contributed by atoms with Crippen molar-refractivity contribution in [2.24, 2.45) is 0 Å². The van der Waals surface area contributed by atoms with Gasteiger partial charge in [0.1, 0.15) is 11.9 Å². The summed E-state index contributed by atoms with van der Waals surface area (Å²) in [5.41, 5.74) is 0.323. The monoisotopic (exact) mass is 379 g/mol. The number of nitrogens with zero attached hydrogens (tertiary/aromatic N) is 3. The molecule has 2 aromatic rings. The van der Waals surface area contributed by atoms with Crippen molar-refractivity contribution in [2.75, 3.05) is 13.1 Å². The summed E-state index contributed by atoms with van der Waals surface area (Å²) in [6.07, 6.45) is 2.95. The molecule has 5 nitrogen and oxygen atoms in total. The molecule has 1 aliphatic rings. The normalized spacial score (nSPS) is 15.3. The standard InChI is InChI=1S/C18H19F2N3O2S/c1-12-21-9-6-16(22-12)25-13-7-10-23(11-8-13)17(24)14-4-2-3-5-15(14)26-18(19)20/h2-6,9,13,18H,7-8,10-11H2,1H3. The summed E-state index contributed by atoms with van der Waals surface area (Å²) in [5, 5.41) is 0. The molecule has 2 heterocycles. The number of likely N-dealkylation sites (tertiary alicyclic amines) is 1. The Morgan fingerprint density at radius 3 is 2.69 bits per heavy atom. The number of benzene rings is 1. The number of rotatable bonds is 5. The number of ether oxygens (including phenoxy) is 1. The van der Waals surface area contributed by atoms with Crippen LogP contribution in [0.15, 0.2) is 41.4 Å². The fraction of sp³-hybridized carbons (Fsp3) is 0.389. The number of aromatic nitrogens is 2. The predicted octanol–water partition coefficient (Wildman–Crippen LogP) is 3.78. The largest absolute Gasteiger partial charge is 0.474 e. The lowest BCUT2D eigenvalue weighted by molar-refractivity contribution is 0.0584. The van der Waals surface area contributed by atoms with Gasteiger partial charge in [-0.2, -0.15) is 13.8 Å². The first-order valence-electron chi connectivity index (χ1n) is 8.32. The van der Waals surface area contributed by atoms with Gasteiger partial charge in [0, 0.05) is 43.1 Å². The number of alkyl halides is 2. The van der Waals surface area contributed by atoms with Gasteiger partial charge in [0.2, 0.25) is 5.88 Å². The van der Waals surface area contributed by atoms with Crippen LogP contribution in [0.1, 0.15) is 29.0 Å². The highest BCUT2D eigenvalue weighted by molar-refractivity contribution is 7.99. The molecule has 1 aromatic heterocycles. The Kier molecular flexibility index (Phi) is 6.03. The number of amides is 1. The molecule has 1 saturated heterocycles. The molecule has 0 N–H and O–H groups in total. The molecule has 0 bridgehead atoms. The lowest BCUT2D eigenvalue weighted by Crippen LogP contribution is -2.42. The highest BCUT2D eigenvalue weighted by atomic mass is 32.2. The van der Waals surface area contributed by atoms with Crippen LogP contribution in [0.5, 0.6) is 5.88 Å². The van der Waals surface area contributed by atoms with Crippen molar-refractivity contribution in [2.45, 2.75) is 36.5 Å². The molecule has 8 heteroatoms. The van der Waals surface area contributed by atoms with Crippen LogP contribution >= 0.6 is 11.8 Å². The zero-order chi connectivity index (χ0) is 18.5. The topological polar surface area (TPSA) is 55.3 Å². The van der Waals surface area contributed by atoms with E-state index in [-0.39, 0.29) is 12.0 Å². The van der Waals surface area contributed by atoms with Crippen molar-refractivity contribution in [3.63, 3.8) is 0 Å². The van der Waals surface area contributed by atoms with Gasteiger partial charge in [-0.3, -0.25) is 4.79 Å². The molecule has 3 rings (SSSR count). The Morgan fingerprint density at radius 2 is 2.00 bits per heavy atom. The molecule has 1 aromatic carbocycles. The summed E-state index contributed by atoms with van der Waals surface area (Å²) in [6.45, 7) is 2.82. The third-order valence-electron chi connectivity index (χ3n) is 4.10. The fourth-order valence-corrected chi connectivity index (χ4v) is 3.49. The molecule has 138 valence electrons. The van der Waals surface area contributed by atoms with Crippen LogP contribution in [0.3, 0.4) is 0 Å². The Balaban J connectivity index is 1.60. The van der Waals surface area contributed by atoms with Crippen molar-refractivity contribution in [1.82, 2.24) is 14.9 Å². The second kappa shape index (κ2) is 8.44. The molecule has 0 aliphatic carbocycles. The third kappa shape index (κ3) is 4.69. The molecule has 1 aliphatic heterocycles. The summed E-state index contributed by atoms with van der Waals surface area (Å²) < 4.78 is 31.3. The van der Waals surface area contributed by atoms with Crippen LogP contribution in [-0.4, -0.2) is 45.7 Å². The van der Waals surface area contributed by atoms with Crippen LogP contribution in [-0.2, 0) is 0 Å². The quantitative estimate of drug-likeness (QED) is 0.740. The highest BCUT2D eigenvalue weighted by Gasteiger charge is 2.26. The lowest BCUT2D eigenvalue weighted by atomic mass is 10.1. The van der Waals surface area contributed by atoms with E-state index in [0.717, 1.165) is 0 Å². The summed E-state index contributed by atoms with van der Waals surface area (Å²) in [4.78, 5) is 23.0. The van der Waals surface area contributed by atoms with Gasteiger partial charge >= 0.3 is 0 Å². The molecule has 0 atom stereocenters. The number of carbonyl (C=O) groups is 1. The van der Waals surface area contributed by atoms with Crippen molar-refractivity contribution in [3.05, 3.63) is 47.9 Å². The van der Waals surface area contributed by atoms with E-state index >= 15 is 0 Å². The van der Waals surface area contributed by atoms with Gasteiger partial charge in [-0.1, -0.05) is 23.9 Å². The average molecular weight is 379 g/mol. The summed E-state index contributed by atoms with van der Waals surface area (Å²) in [7, 11) is 0. The van der Waals surface area contributed by atoms with Crippen LogP contribution in [0.2, 0.25) is 0 Å². The zero-order valence-electron chi connectivity index (χ0n) is 14.3. The number of hydrogen-bond donors (Lipinski definition) is 0. The molecule has 0 unspecified atom stereocenters. The molecular weight excluding hydrogens is 360 g/mol. The van der Waals surface area contributed by atoms with Crippen LogP contribution in [0, 0.1) is 6.92 Å². The van der Waals surface area contributed by atoms with E-state index in [9.17, 15) is 13.6 Å². The minimum absolute atomic E-state index is 0.0287. The molecule has 0 spiro atoms. The Labute approximate surface area is 154 Å². The van der Waals surface area contributed by atoms with E-state index in [1.54, 1.807) is 48.4 Å². The minimum Gasteiger partial charge on any atom is -0.474 e. The van der Waals surface area contributed by atoms with Gasteiger partial charge in [-0.15, -0.1) is 0 Å². The maximum Gasteiger partial charge on any atom is 0.288 e. The van der Waals surface area contributed by atoms with Gasteiger partial charge in [-0.25, -0.2) is 4.98 Å². The maximum atomic E-state index is 12.7. The number of aryl methyl sites for hydroxylation is 1. The Morgan fingerprint density at radius 1 is 1.27 bits per heavy atom. The second-order valence-electron chi connectivity index (χ2n) is 5.93. The van der Waals surface area contributed by atoms with Crippen LogP contribution in [0.25, 0.3) is 0 Å². The molecule has 0 saturated carbocycles. The van der Waals surface area contributed by atoms with Gasteiger partial charge in [0.25, 0.3) is 11.7 Å². The first kappa shape index (κ1) is 18.6. The SMILES string of the molecule is Cc1nccc(OC2CCN(C(=O)c3ccccc3SC(F)F)CC2)n1. The molecule has 0 radical (unpaired) electrons. The molecule has 1 fully saturated rings. The van der Waals surface area contributed by atoms with Crippen molar-refractivity contribution >= 4 is 17.7 Å². The summed E-state index contributed by atoms with van der Waals surface area (Å²) in [5.74, 6) is -1.60. The van der Waals surface area contributed by atoms with E-state index in [0.29, 0.717) is 59.9 Å². The van der Waals surface area contributed by atoms with E-state index in [1.807, 2.05) is 0 Å². The minimum atomic E-state index is -2.56. The van der Waals surface area contributed by atoms with E-state index in [2.05, 4.69) is 9.97 Å². The van der Waals surface area contributed by atoms with E-state index < -0.39 is 5.76 Å². The van der Waals surface area contributed by atoms with Crippen LogP contribution in [0.4, 0.5) is 8.78 Å². The number of thioether (sulfide) groups is 1. The van der Waals surface area contributed by atoms with Crippen molar-refractivity contribution < 1.29 is 18.3 Å². The Hall–Kier alpha value is -2.22. The van der Waals surface area contributed by atoms with E-state index in [4.69, 9.17) is 4.74 Å². The molecular formula is C18H19F2N3O2S. The highest BCUT2D eigenvalue weighted by Crippen LogP contribution is 2.30. The van der Waals surface area contributed by atoms with Gasteiger partial charge in [-0.05, 0) is 19.1 Å². The smallest absolute Gasteiger partial charge is 0.288 e. The van der Waals surface area contributed by atoms with Gasteiger partial charge in [0.15, 0.2) is 0 Å². The number of carbonyl (C=O) groups excluding carboxylic acids is 1. The average Bonchev–Trinajstić information content (AvgIpc) is 2.62. The fourth-order valence-electron chi connectivity index (χ4n) is 2.86. The third-order valence-corrected chi connectivity index (χ3v) is 4.89. The lowest BCUT2D eigenvalue weighted by Gasteiger charge is -2.32. The summed E-state index contributed by atoms with van der Waals surface area (Å²) >= 11 is 0.401. The predicted molar refractivity (Wildman–Crippen MR) is 94.6 cm³/mol. The van der Waals surface area contributed by atoms with Gasteiger partial charge in [0.05, 0.1) is 5.56 Å².